The Morgan fingerprint density at radius 3 is 2.81 bits per heavy atom. The third-order valence-electron chi connectivity index (χ3n) is 3.74. The number of hydrogen-bond donors (Lipinski definition) is 2. The number of methoxy groups -OCH3 is 2. The number of carbonyl (C=O) groups is 1. The minimum absolute atomic E-state index is 0.00952. The Morgan fingerprint density at radius 1 is 1.33 bits per heavy atom. The van der Waals surface area contributed by atoms with Crippen LogP contribution >= 0.6 is 0 Å². The van der Waals surface area contributed by atoms with Crippen LogP contribution in [0.5, 0.6) is 11.5 Å². The summed E-state index contributed by atoms with van der Waals surface area (Å²) < 4.78 is 15.8. The van der Waals surface area contributed by atoms with Gasteiger partial charge in [-0.25, -0.2) is 0 Å². The molecule has 1 amide bonds. The Balaban J connectivity index is 1.97. The standard InChI is InChI=1S/C15H22N2O4/c1-16-13-9-21-8-12(13)15(18)17-7-10-4-5-11(19-2)6-14(10)20-3/h4-6,12-13,16H,7-9H2,1-3H3,(H,17,18). The van der Waals surface area contributed by atoms with E-state index < -0.39 is 0 Å². The summed E-state index contributed by atoms with van der Waals surface area (Å²) in [6.45, 7) is 1.44. The fraction of sp³-hybridized carbons (Fsp3) is 0.533. The molecule has 0 aliphatic carbocycles. The largest absolute Gasteiger partial charge is 0.497 e. The number of nitrogens with one attached hydrogen (secondary N) is 2. The first kappa shape index (κ1) is 15.6. The molecule has 116 valence electrons. The third kappa shape index (κ3) is 3.65. The van der Waals surface area contributed by atoms with Crippen molar-refractivity contribution >= 4 is 5.91 Å². The monoisotopic (exact) mass is 294 g/mol. The van der Waals surface area contributed by atoms with Gasteiger partial charge in [0.1, 0.15) is 11.5 Å². The molecule has 1 aliphatic rings. The van der Waals surface area contributed by atoms with Gasteiger partial charge in [-0.15, -0.1) is 0 Å². The molecule has 1 heterocycles. The topological polar surface area (TPSA) is 68.8 Å². The van der Waals surface area contributed by atoms with Crippen molar-refractivity contribution in [2.45, 2.75) is 12.6 Å². The van der Waals surface area contributed by atoms with Crippen LogP contribution in [0.4, 0.5) is 0 Å². The first-order valence-corrected chi connectivity index (χ1v) is 6.93. The maximum Gasteiger partial charge on any atom is 0.227 e. The van der Waals surface area contributed by atoms with Gasteiger partial charge in [-0.1, -0.05) is 0 Å². The maximum atomic E-state index is 12.2. The van der Waals surface area contributed by atoms with E-state index in [-0.39, 0.29) is 17.9 Å². The van der Waals surface area contributed by atoms with Crippen LogP contribution in [0.25, 0.3) is 0 Å². The zero-order valence-corrected chi connectivity index (χ0v) is 12.6. The van der Waals surface area contributed by atoms with Crippen LogP contribution in [0.2, 0.25) is 0 Å². The zero-order valence-electron chi connectivity index (χ0n) is 12.6. The second-order valence-corrected chi connectivity index (χ2v) is 4.93. The number of hydrogen-bond acceptors (Lipinski definition) is 5. The van der Waals surface area contributed by atoms with Gasteiger partial charge in [-0.05, 0) is 19.2 Å². The molecular formula is C15H22N2O4. The first-order valence-electron chi connectivity index (χ1n) is 6.93. The predicted octanol–water partition coefficient (Wildman–Crippen LogP) is 0.554. The number of likely N-dealkylation sites (N-methyl/N-ethyl adjacent to an activating group) is 1. The second kappa shape index (κ2) is 7.28. The van der Waals surface area contributed by atoms with Crippen molar-refractivity contribution in [3.8, 4) is 11.5 Å². The predicted molar refractivity (Wildman–Crippen MR) is 78.5 cm³/mol. The van der Waals surface area contributed by atoms with Gasteiger partial charge in [-0.3, -0.25) is 4.79 Å². The Labute approximate surface area is 124 Å². The molecule has 0 saturated carbocycles. The average Bonchev–Trinajstić information content (AvgIpc) is 3.01. The van der Waals surface area contributed by atoms with Crippen LogP contribution in [0, 0.1) is 5.92 Å². The Kier molecular flexibility index (Phi) is 5.41. The van der Waals surface area contributed by atoms with Crippen molar-refractivity contribution in [2.24, 2.45) is 5.92 Å². The molecular weight excluding hydrogens is 272 g/mol. The molecule has 2 unspecified atom stereocenters. The van der Waals surface area contributed by atoms with Crippen LogP contribution in [-0.4, -0.2) is 46.4 Å². The molecule has 0 radical (unpaired) electrons. The summed E-state index contributed by atoms with van der Waals surface area (Å²) in [7, 11) is 5.04. The van der Waals surface area contributed by atoms with Crippen LogP contribution in [-0.2, 0) is 16.1 Å². The van der Waals surface area contributed by atoms with E-state index in [1.54, 1.807) is 20.3 Å². The normalized spacial score (nSPS) is 21.1. The Morgan fingerprint density at radius 2 is 2.14 bits per heavy atom. The number of amides is 1. The highest BCUT2D eigenvalue weighted by molar-refractivity contribution is 5.80. The summed E-state index contributed by atoms with van der Waals surface area (Å²) in [5, 5.41) is 6.04. The fourth-order valence-electron chi connectivity index (χ4n) is 2.41. The molecule has 1 aliphatic heterocycles. The molecule has 0 spiro atoms. The van der Waals surface area contributed by atoms with Crippen molar-refractivity contribution in [1.29, 1.82) is 0 Å². The SMILES string of the molecule is CNC1COCC1C(=O)NCc1ccc(OC)cc1OC. The minimum atomic E-state index is -0.153. The van der Waals surface area contributed by atoms with E-state index in [1.807, 2.05) is 19.2 Å². The van der Waals surface area contributed by atoms with Crippen LogP contribution in [0.1, 0.15) is 5.56 Å². The molecule has 2 N–H and O–H groups in total. The minimum Gasteiger partial charge on any atom is -0.497 e. The molecule has 0 aromatic heterocycles. The Hall–Kier alpha value is -1.79. The number of carbonyl (C=O) groups excluding carboxylic acids is 1. The van der Waals surface area contributed by atoms with E-state index in [2.05, 4.69) is 10.6 Å². The van der Waals surface area contributed by atoms with Crippen LogP contribution < -0.4 is 20.1 Å². The zero-order chi connectivity index (χ0) is 15.2. The number of benzene rings is 1. The molecule has 1 aromatic carbocycles. The van der Waals surface area contributed by atoms with E-state index in [0.717, 1.165) is 11.3 Å². The molecule has 6 nitrogen and oxygen atoms in total. The van der Waals surface area contributed by atoms with Gasteiger partial charge in [0.25, 0.3) is 0 Å². The van der Waals surface area contributed by atoms with Gasteiger partial charge >= 0.3 is 0 Å². The van der Waals surface area contributed by atoms with Crippen LogP contribution in [0.3, 0.4) is 0 Å². The van der Waals surface area contributed by atoms with Crippen LogP contribution in [0.15, 0.2) is 18.2 Å². The molecule has 1 saturated heterocycles. The van der Waals surface area contributed by atoms with Gasteiger partial charge < -0.3 is 24.8 Å². The highest BCUT2D eigenvalue weighted by Gasteiger charge is 2.32. The summed E-state index contributed by atoms with van der Waals surface area (Å²) in [6, 6.07) is 5.61. The lowest BCUT2D eigenvalue weighted by Gasteiger charge is -2.17. The first-order chi connectivity index (χ1) is 10.2. The lowest BCUT2D eigenvalue weighted by Crippen LogP contribution is -2.42. The van der Waals surface area contributed by atoms with Gasteiger partial charge in [-0.2, -0.15) is 0 Å². The number of rotatable bonds is 6. The van der Waals surface area contributed by atoms with E-state index in [9.17, 15) is 4.79 Å². The fourth-order valence-corrected chi connectivity index (χ4v) is 2.41. The van der Waals surface area contributed by atoms with Gasteiger partial charge in [0.15, 0.2) is 0 Å². The lowest BCUT2D eigenvalue weighted by atomic mass is 10.0. The second-order valence-electron chi connectivity index (χ2n) is 4.93. The smallest absolute Gasteiger partial charge is 0.227 e. The average molecular weight is 294 g/mol. The summed E-state index contributed by atoms with van der Waals surface area (Å²) in [4.78, 5) is 12.2. The summed E-state index contributed by atoms with van der Waals surface area (Å²) in [6.07, 6.45) is 0. The van der Waals surface area contributed by atoms with Crippen molar-refractivity contribution in [3.05, 3.63) is 23.8 Å². The summed E-state index contributed by atoms with van der Waals surface area (Å²) >= 11 is 0. The van der Waals surface area contributed by atoms with Crippen molar-refractivity contribution in [2.75, 3.05) is 34.5 Å². The van der Waals surface area contributed by atoms with Gasteiger partial charge in [0, 0.05) is 24.2 Å². The highest BCUT2D eigenvalue weighted by Crippen LogP contribution is 2.24. The molecule has 1 aromatic rings. The maximum absolute atomic E-state index is 12.2. The molecule has 1 fully saturated rings. The van der Waals surface area contributed by atoms with Gasteiger partial charge in [0.2, 0.25) is 5.91 Å². The lowest BCUT2D eigenvalue weighted by molar-refractivity contribution is -0.125. The quantitative estimate of drug-likeness (QED) is 0.802. The number of ether oxygens (including phenoxy) is 3. The highest BCUT2D eigenvalue weighted by atomic mass is 16.5. The van der Waals surface area contributed by atoms with E-state index >= 15 is 0 Å². The Bertz CT molecular complexity index is 493. The summed E-state index contributed by atoms with van der Waals surface area (Å²) in [5.74, 6) is 1.26. The van der Waals surface area contributed by atoms with Crippen molar-refractivity contribution in [3.63, 3.8) is 0 Å². The molecule has 21 heavy (non-hydrogen) atoms. The molecule has 6 heteroatoms. The third-order valence-corrected chi connectivity index (χ3v) is 3.74. The molecule has 0 bridgehead atoms. The molecule has 2 rings (SSSR count). The summed E-state index contributed by atoms with van der Waals surface area (Å²) in [5.41, 5.74) is 0.909. The van der Waals surface area contributed by atoms with E-state index in [0.29, 0.717) is 25.5 Å². The van der Waals surface area contributed by atoms with E-state index in [4.69, 9.17) is 14.2 Å². The van der Waals surface area contributed by atoms with Crippen molar-refractivity contribution < 1.29 is 19.0 Å². The van der Waals surface area contributed by atoms with E-state index in [1.165, 1.54) is 0 Å². The van der Waals surface area contributed by atoms with Crippen molar-refractivity contribution in [1.82, 2.24) is 10.6 Å². The molecule has 2 atom stereocenters. The van der Waals surface area contributed by atoms with Gasteiger partial charge in [0.05, 0.1) is 33.4 Å².